The van der Waals surface area contributed by atoms with Crippen LogP contribution in [0.4, 0.5) is 0 Å². The van der Waals surface area contributed by atoms with Crippen molar-refractivity contribution in [2.24, 2.45) is 0 Å². The fraction of sp³-hybridized carbons (Fsp3) is 0. The summed E-state index contributed by atoms with van der Waals surface area (Å²) in [6.07, 6.45) is 0. The molecule has 63 heavy (non-hydrogen) atoms. The zero-order valence-electron chi connectivity index (χ0n) is 33.5. The highest BCUT2D eigenvalue weighted by Crippen LogP contribution is 2.50. The maximum atomic E-state index is 2.68. The van der Waals surface area contributed by atoms with Crippen molar-refractivity contribution in [3.8, 4) is 77.9 Å². The van der Waals surface area contributed by atoms with Crippen molar-refractivity contribution in [3.63, 3.8) is 0 Å². The predicted molar refractivity (Wildman–Crippen MR) is 296 cm³/mol. The van der Waals surface area contributed by atoms with Gasteiger partial charge in [-0.3, -0.25) is 0 Å². The van der Waals surface area contributed by atoms with E-state index in [1.807, 2.05) is 0 Å². The number of benzene rings is 11. The van der Waals surface area contributed by atoms with E-state index in [1.54, 1.807) is 0 Å². The number of halogens is 3. The van der Waals surface area contributed by atoms with Gasteiger partial charge in [0.25, 0.3) is 0 Å². The van der Waals surface area contributed by atoms with E-state index in [0.29, 0.717) is 0 Å². The normalized spacial score (nSPS) is 13.3. The van der Waals surface area contributed by atoms with Gasteiger partial charge in [-0.25, -0.2) is 0 Å². The van der Waals surface area contributed by atoms with Crippen LogP contribution in [0.1, 0.15) is 0 Å². The molecular weight excluding hydrogens is 1100 g/mol. The van der Waals surface area contributed by atoms with Crippen LogP contribution in [0.15, 0.2) is 176 Å². The molecule has 0 radical (unpaired) electrons. The Labute approximate surface area is 406 Å². The SMILES string of the molecule is Ic1cc2c3c(c1)-c1cc(I)c4cc5c6c(cc(-c7ccccc7)c7cc(c1c4c76)B3c1ccc(-c3ccccc3)cc1-2)-c1cc(I)cc2c1B5c1ccc(-c3ccccc3)cc1-2. The first-order valence-corrected chi connectivity index (χ1v) is 24.9. The highest BCUT2D eigenvalue weighted by Gasteiger charge is 2.45. The molecule has 0 bridgehead atoms. The summed E-state index contributed by atoms with van der Waals surface area (Å²) in [5, 5.41) is 8.44. The summed E-state index contributed by atoms with van der Waals surface area (Å²) in [6, 6.07) is 67.6. The third kappa shape index (κ3) is 4.78. The van der Waals surface area contributed by atoms with Gasteiger partial charge in [-0.2, -0.15) is 0 Å². The van der Waals surface area contributed by atoms with Crippen molar-refractivity contribution < 1.29 is 0 Å². The van der Waals surface area contributed by atoms with E-state index < -0.39 is 0 Å². The van der Waals surface area contributed by atoms with Crippen LogP contribution < -0.4 is 32.8 Å². The number of rotatable bonds is 3. The first kappa shape index (κ1) is 36.2. The zero-order valence-corrected chi connectivity index (χ0v) is 40.0. The Morgan fingerprint density at radius 2 is 0.698 bits per heavy atom. The maximum Gasteiger partial charge on any atom is 0.244 e. The Balaban J connectivity index is 1.09. The Morgan fingerprint density at radius 1 is 0.270 bits per heavy atom. The lowest BCUT2D eigenvalue weighted by Gasteiger charge is -2.32. The van der Waals surface area contributed by atoms with Crippen LogP contribution in [-0.4, -0.2) is 13.4 Å². The zero-order chi connectivity index (χ0) is 41.4. The molecule has 0 aromatic heterocycles. The van der Waals surface area contributed by atoms with Crippen LogP contribution in [0.2, 0.25) is 0 Å². The summed E-state index contributed by atoms with van der Waals surface area (Å²) < 4.78 is 3.88. The third-order valence-corrected chi connectivity index (χ3v) is 16.9. The van der Waals surface area contributed by atoms with Gasteiger partial charge < -0.3 is 0 Å². The van der Waals surface area contributed by atoms with Crippen LogP contribution in [0.5, 0.6) is 0 Å². The fourth-order valence-corrected chi connectivity index (χ4v) is 14.4. The molecule has 0 spiro atoms. The molecule has 288 valence electrons. The molecule has 0 saturated heterocycles. The molecule has 5 heteroatoms. The van der Waals surface area contributed by atoms with Crippen molar-refractivity contribution in [1.82, 2.24) is 0 Å². The van der Waals surface area contributed by atoms with E-state index >= 15 is 0 Å². The van der Waals surface area contributed by atoms with Gasteiger partial charge in [0.05, 0.1) is 0 Å². The minimum atomic E-state index is 0.145. The van der Waals surface area contributed by atoms with E-state index in [-0.39, 0.29) is 13.4 Å². The van der Waals surface area contributed by atoms with Gasteiger partial charge in [0.1, 0.15) is 0 Å². The summed E-state index contributed by atoms with van der Waals surface area (Å²) >= 11 is 7.81. The predicted octanol–water partition coefficient (Wildman–Crippen LogP) is 12.4. The molecule has 0 amide bonds. The molecule has 11 aromatic carbocycles. The van der Waals surface area contributed by atoms with Crippen LogP contribution in [-0.2, 0) is 0 Å². The molecule has 11 aromatic rings. The third-order valence-electron chi connectivity index (χ3n) is 14.8. The molecule has 0 fully saturated rings. The summed E-state index contributed by atoms with van der Waals surface area (Å²) in [6.45, 7) is 0.300. The molecule has 0 atom stereocenters. The van der Waals surface area contributed by atoms with E-state index in [9.17, 15) is 0 Å². The van der Waals surface area contributed by atoms with Gasteiger partial charge in [-0.15, -0.1) is 0 Å². The molecule has 0 saturated carbocycles. The summed E-state index contributed by atoms with van der Waals surface area (Å²) in [7, 11) is 0. The first-order valence-electron chi connectivity index (χ1n) is 21.6. The van der Waals surface area contributed by atoms with Crippen molar-refractivity contribution in [1.29, 1.82) is 0 Å². The average molecular weight is 1130 g/mol. The van der Waals surface area contributed by atoms with Crippen LogP contribution in [0.25, 0.3) is 110 Å². The Kier molecular flexibility index (Phi) is 7.43. The smallest absolute Gasteiger partial charge is 0.0657 e. The number of fused-ring (bicyclic) bond motifs is 10. The molecule has 0 N–H and O–H groups in total. The molecule has 4 heterocycles. The Bertz CT molecular complexity index is 3830. The highest BCUT2D eigenvalue weighted by molar-refractivity contribution is 14.1. The topological polar surface area (TPSA) is 0 Å². The summed E-state index contributed by atoms with van der Waals surface area (Å²) in [5.41, 5.74) is 27.3. The highest BCUT2D eigenvalue weighted by atomic mass is 127. The van der Waals surface area contributed by atoms with E-state index in [1.165, 1.54) is 154 Å². The van der Waals surface area contributed by atoms with Crippen molar-refractivity contribution in [2.75, 3.05) is 0 Å². The molecule has 0 nitrogen and oxygen atoms in total. The molecule has 0 unspecified atom stereocenters. The molecule has 15 rings (SSSR count). The second kappa shape index (κ2) is 13.0. The van der Waals surface area contributed by atoms with Gasteiger partial charge in [-0.05, 0) is 227 Å². The Morgan fingerprint density at radius 3 is 1.21 bits per heavy atom. The maximum absolute atomic E-state index is 2.68. The van der Waals surface area contributed by atoms with Crippen LogP contribution in [0.3, 0.4) is 0 Å². The van der Waals surface area contributed by atoms with Crippen molar-refractivity contribution in [3.05, 3.63) is 187 Å². The first-order chi connectivity index (χ1) is 31.0. The molecule has 4 aliphatic heterocycles. The molecule has 4 aliphatic rings. The van der Waals surface area contributed by atoms with Crippen molar-refractivity contribution >= 4 is 146 Å². The van der Waals surface area contributed by atoms with Gasteiger partial charge in [0.15, 0.2) is 0 Å². The largest absolute Gasteiger partial charge is 0.244 e. The van der Waals surface area contributed by atoms with Gasteiger partial charge in [0.2, 0.25) is 13.4 Å². The van der Waals surface area contributed by atoms with E-state index in [0.717, 1.165) is 0 Å². The fourth-order valence-electron chi connectivity index (χ4n) is 12.4. The minimum absolute atomic E-state index is 0.145. The average Bonchev–Trinajstić information content (AvgIpc) is 3.83. The summed E-state index contributed by atoms with van der Waals surface area (Å²) in [4.78, 5) is 0. The lowest BCUT2D eigenvalue weighted by Crippen LogP contribution is -2.53. The van der Waals surface area contributed by atoms with Gasteiger partial charge in [0, 0.05) is 10.7 Å². The quantitative estimate of drug-likeness (QED) is 0.0940. The second-order valence-electron chi connectivity index (χ2n) is 17.8. The van der Waals surface area contributed by atoms with Gasteiger partial charge in [-0.1, -0.05) is 160 Å². The minimum Gasteiger partial charge on any atom is -0.0657 e. The monoisotopic (exact) mass is 1130 g/mol. The van der Waals surface area contributed by atoms with Crippen LogP contribution >= 0.6 is 67.8 Å². The summed E-state index contributed by atoms with van der Waals surface area (Å²) in [5.74, 6) is 0. The van der Waals surface area contributed by atoms with Crippen molar-refractivity contribution in [2.45, 2.75) is 0 Å². The van der Waals surface area contributed by atoms with Gasteiger partial charge >= 0.3 is 0 Å². The lowest BCUT2D eigenvalue weighted by atomic mass is 9.34. The lowest BCUT2D eigenvalue weighted by molar-refractivity contribution is 1.61. The Hall–Kier alpha value is -5.22. The second-order valence-corrected chi connectivity index (χ2v) is 21.5. The number of hydrogen-bond acceptors (Lipinski definition) is 0. The van der Waals surface area contributed by atoms with E-state index in [4.69, 9.17) is 0 Å². The number of hydrogen-bond donors (Lipinski definition) is 0. The molecule has 0 aliphatic carbocycles. The van der Waals surface area contributed by atoms with Crippen LogP contribution in [0, 0.1) is 10.7 Å². The standard InChI is InChI=1S/C58H29B2I3/c61-35-22-43-38-20-34(31-12-6-2-7-13-31)17-19-49(38)60-51-28-47-52(63)29-42-46-25-36(62)23-44-39-21-33(30-10-4-1-5-11-30)16-18-48(39)59(58(44)46)50-27-41-37(32-14-8-3-9-15-32)26-40(45(24-35)57(43)60)53(51)55(41)56(47)54(42)50/h1-29H. The van der Waals surface area contributed by atoms with E-state index in [2.05, 4.69) is 244 Å². The molecular formula is C58H29B2I3.